The van der Waals surface area contributed by atoms with Crippen LogP contribution in [0.1, 0.15) is 18.1 Å². The van der Waals surface area contributed by atoms with Crippen molar-refractivity contribution in [2.75, 3.05) is 26.5 Å². The zero-order chi connectivity index (χ0) is 19.9. The maximum absolute atomic E-state index is 14.7. The molecule has 0 heterocycles. The minimum Gasteiger partial charge on any atom is -0.493 e. The fourth-order valence-corrected chi connectivity index (χ4v) is 2.22. The normalized spacial score (nSPS) is 13.9. The highest BCUT2D eigenvalue weighted by Crippen LogP contribution is 2.37. The van der Waals surface area contributed by atoms with Crippen molar-refractivity contribution in [2.24, 2.45) is 5.92 Å². The van der Waals surface area contributed by atoms with Gasteiger partial charge in [0.15, 0.2) is 0 Å². The van der Waals surface area contributed by atoms with Gasteiger partial charge >= 0.3 is 0 Å². The molecule has 2 aromatic carbocycles. The third-order valence-electron chi connectivity index (χ3n) is 3.90. The van der Waals surface area contributed by atoms with Crippen molar-refractivity contribution in [1.82, 2.24) is 0 Å². The minimum atomic E-state index is -3.21. The van der Waals surface area contributed by atoms with Gasteiger partial charge in [-0.05, 0) is 48.5 Å². The van der Waals surface area contributed by atoms with Crippen LogP contribution in [0.5, 0.6) is 11.5 Å². The quantitative estimate of drug-likeness (QED) is 0.658. The number of aliphatic hydroxyl groups excluding tert-OH is 2. The number of alkyl halides is 3. The van der Waals surface area contributed by atoms with E-state index in [0.717, 1.165) is 0 Å². The van der Waals surface area contributed by atoms with E-state index in [1.165, 1.54) is 48.5 Å². The lowest BCUT2D eigenvalue weighted by molar-refractivity contribution is 0.0426. The van der Waals surface area contributed by atoms with Gasteiger partial charge in [0.05, 0.1) is 6.61 Å². The van der Waals surface area contributed by atoms with Crippen molar-refractivity contribution < 1.29 is 32.9 Å². The Labute approximate surface area is 156 Å². The Balaban J connectivity index is 2.04. The van der Waals surface area contributed by atoms with E-state index in [0.29, 0.717) is 12.4 Å². The van der Waals surface area contributed by atoms with Crippen LogP contribution < -0.4 is 9.47 Å². The van der Waals surface area contributed by atoms with Crippen molar-refractivity contribution >= 4 is 0 Å². The maximum atomic E-state index is 14.7. The monoisotopic (exact) mass is 384 g/mol. The molecule has 0 aliphatic heterocycles. The summed E-state index contributed by atoms with van der Waals surface area (Å²) < 4.78 is 52.1. The van der Waals surface area contributed by atoms with E-state index in [-0.39, 0.29) is 36.0 Å². The van der Waals surface area contributed by atoms with Crippen LogP contribution in [0.4, 0.5) is 13.2 Å². The summed E-state index contributed by atoms with van der Waals surface area (Å²) in [5, 5.41) is 18.1. The van der Waals surface area contributed by atoms with Gasteiger partial charge in [0.25, 0.3) is 5.92 Å². The highest BCUT2D eigenvalue weighted by Gasteiger charge is 2.33. The second-order valence-electron chi connectivity index (χ2n) is 6.34. The Morgan fingerprint density at radius 2 is 1.33 bits per heavy atom. The first kappa shape index (κ1) is 21.1. The molecule has 0 fully saturated rings. The van der Waals surface area contributed by atoms with Gasteiger partial charge in [0.2, 0.25) is 0 Å². The predicted molar refractivity (Wildman–Crippen MR) is 95.1 cm³/mol. The fourth-order valence-electron chi connectivity index (χ4n) is 2.22. The number of aliphatic hydroxyl groups is 2. The molecule has 148 valence electrons. The van der Waals surface area contributed by atoms with Crippen LogP contribution in [-0.4, -0.2) is 42.8 Å². The fraction of sp³-hybridized carbons (Fsp3) is 0.400. The molecule has 0 bridgehead atoms. The lowest BCUT2D eigenvalue weighted by atomic mass is 10.0. The first-order valence-corrected chi connectivity index (χ1v) is 8.56. The summed E-state index contributed by atoms with van der Waals surface area (Å²) in [5.74, 6) is -2.54. The summed E-state index contributed by atoms with van der Waals surface area (Å²) in [7, 11) is 0. The molecule has 0 amide bonds. The number of hydrogen-bond acceptors (Lipinski definition) is 4. The van der Waals surface area contributed by atoms with Crippen LogP contribution >= 0.6 is 0 Å². The van der Waals surface area contributed by atoms with E-state index < -0.39 is 18.7 Å². The Kier molecular flexibility index (Phi) is 7.50. The minimum absolute atomic E-state index is 0.0113. The molecule has 2 aromatic rings. The molecule has 0 aromatic heterocycles. The van der Waals surface area contributed by atoms with E-state index in [4.69, 9.17) is 19.7 Å². The van der Waals surface area contributed by atoms with Crippen LogP contribution in [0.2, 0.25) is 0 Å². The van der Waals surface area contributed by atoms with Crippen molar-refractivity contribution in [1.29, 1.82) is 0 Å². The molecule has 0 spiro atoms. The largest absolute Gasteiger partial charge is 0.493 e. The van der Waals surface area contributed by atoms with Crippen LogP contribution in [0.3, 0.4) is 0 Å². The highest BCUT2D eigenvalue weighted by atomic mass is 19.3. The summed E-state index contributed by atoms with van der Waals surface area (Å²) in [5.41, 5.74) is -0.407. The zero-order valence-electron chi connectivity index (χ0n) is 14.9. The standard InChI is InChI=1S/C20H23F3O4/c1-14(11-24)12-26-18-6-2-15(3-7-18)20(22,23)16-4-8-19(9-5-16)27-13-17(25)10-21/h2-9,14,17,24-25H,10-13H2,1H3. The lowest BCUT2D eigenvalue weighted by Crippen LogP contribution is -2.19. The molecule has 0 aliphatic carbocycles. The first-order valence-electron chi connectivity index (χ1n) is 8.56. The molecule has 0 saturated carbocycles. The van der Waals surface area contributed by atoms with Crippen molar-refractivity contribution in [3.05, 3.63) is 59.7 Å². The van der Waals surface area contributed by atoms with E-state index in [1.54, 1.807) is 0 Å². The van der Waals surface area contributed by atoms with Crippen molar-refractivity contribution in [3.8, 4) is 11.5 Å². The number of halogens is 3. The van der Waals surface area contributed by atoms with Crippen LogP contribution in [0.25, 0.3) is 0 Å². The number of rotatable bonds is 10. The number of ether oxygens (including phenoxy) is 2. The third kappa shape index (κ3) is 5.87. The molecular weight excluding hydrogens is 361 g/mol. The van der Waals surface area contributed by atoms with Gasteiger partial charge in [-0.3, -0.25) is 0 Å². The predicted octanol–water partition coefficient (Wildman–Crippen LogP) is 3.54. The molecule has 2 rings (SSSR count). The molecule has 0 saturated heterocycles. The van der Waals surface area contributed by atoms with Gasteiger partial charge in [-0.25, -0.2) is 4.39 Å². The first-order chi connectivity index (χ1) is 12.9. The van der Waals surface area contributed by atoms with Gasteiger partial charge < -0.3 is 19.7 Å². The van der Waals surface area contributed by atoms with Crippen LogP contribution in [-0.2, 0) is 5.92 Å². The molecule has 2 unspecified atom stereocenters. The summed E-state index contributed by atoms with van der Waals surface area (Å²) in [6.07, 6.45) is -1.24. The molecule has 0 aliphatic rings. The van der Waals surface area contributed by atoms with Gasteiger partial charge in [-0.1, -0.05) is 6.92 Å². The molecule has 4 nitrogen and oxygen atoms in total. The van der Waals surface area contributed by atoms with Crippen molar-refractivity contribution in [2.45, 2.75) is 19.0 Å². The second-order valence-corrected chi connectivity index (χ2v) is 6.34. The van der Waals surface area contributed by atoms with E-state index in [2.05, 4.69) is 0 Å². The Bertz CT molecular complexity index is 630. The molecular formula is C20H23F3O4. The van der Waals surface area contributed by atoms with Crippen LogP contribution in [0, 0.1) is 5.92 Å². The molecule has 27 heavy (non-hydrogen) atoms. The second kappa shape index (κ2) is 9.62. The van der Waals surface area contributed by atoms with Gasteiger partial charge in [0.1, 0.15) is 30.9 Å². The Hall–Kier alpha value is -2.25. The summed E-state index contributed by atoms with van der Waals surface area (Å²) in [6.45, 7) is 0.916. The average Bonchev–Trinajstić information content (AvgIpc) is 2.70. The Morgan fingerprint density at radius 1 is 0.889 bits per heavy atom. The van der Waals surface area contributed by atoms with Gasteiger partial charge in [-0.2, -0.15) is 8.78 Å². The molecule has 7 heteroatoms. The van der Waals surface area contributed by atoms with Crippen molar-refractivity contribution in [3.63, 3.8) is 0 Å². The van der Waals surface area contributed by atoms with E-state index in [9.17, 15) is 13.2 Å². The Morgan fingerprint density at radius 3 is 1.74 bits per heavy atom. The topological polar surface area (TPSA) is 58.9 Å². The SMILES string of the molecule is CC(CO)COc1ccc(C(F)(F)c2ccc(OCC(O)CF)cc2)cc1. The summed E-state index contributed by atoms with van der Waals surface area (Å²) in [4.78, 5) is 0. The molecule has 2 N–H and O–H groups in total. The number of hydrogen-bond donors (Lipinski definition) is 2. The number of benzene rings is 2. The molecule has 0 radical (unpaired) electrons. The maximum Gasteiger partial charge on any atom is 0.298 e. The smallest absolute Gasteiger partial charge is 0.298 e. The summed E-state index contributed by atoms with van der Waals surface area (Å²) in [6, 6.07) is 10.7. The summed E-state index contributed by atoms with van der Waals surface area (Å²) >= 11 is 0. The van der Waals surface area contributed by atoms with E-state index >= 15 is 0 Å². The molecule has 2 atom stereocenters. The van der Waals surface area contributed by atoms with E-state index in [1.807, 2.05) is 6.92 Å². The van der Waals surface area contributed by atoms with Gasteiger partial charge in [0, 0.05) is 23.7 Å². The zero-order valence-corrected chi connectivity index (χ0v) is 14.9. The third-order valence-corrected chi connectivity index (χ3v) is 3.90. The lowest BCUT2D eigenvalue weighted by Gasteiger charge is -2.18. The van der Waals surface area contributed by atoms with Gasteiger partial charge in [-0.15, -0.1) is 0 Å². The van der Waals surface area contributed by atoms with Crippen LogP contribution in [0.15, 0.2) is 48.5 Å². The average molecular weight is 384 g/mol. The highest BCUT2D eigenvalue weighted by molar-refractivity contribution is 5.38.